The predicted molar refractivity (Wildman–Crippen MR) is 74.6 cm³/mol. The van der Waals surface area contributed by atoms with Crippen molar-refractivity contribution in [1.29, 1.82) is 0 Å². The van der Waals surface area contributed by atoms with Crippen LogP contribution in [0.1, 0.15) is 36.0 Å². The van der Waals surface area contributed by atoms with Gasteiger partial charge in [-0.1, -0.05) is 6.42 Å². The Bertz CT molecular complexity index is 565. The molecule has 0 amide bonds. The van der Waals surface area contributed by atoms with E-state index in [9.17, 15) is 13.6 Å². The number of rotatable bonds is 3. The summed E-state index contributed by atoms with van der Waals surface area (Å²) in [5.74, 6) is -3.18. The molecule has 2 fully saturated rings. The van der Waals surface area contributed by atoms with Gasteiger partial charge in [-0.3, -0.25) is 4.90 Å². The van der Waals surface area contributed by atoms with E-state index in [4.69, 9.17) is 5.11 Å². The lowest BCUT2D eigenvalue weighted by atomic mass is 9.98. The molecular formula is C15H18F2N2O2. The van der Waals surface area contributed by atoms with E-state index in [1.54, 1.807) is 0 Å². The van der Waals surface area contributed by atoms with Crippen molar-refractivity contribution >= 4 is 11.7 Å². The van der Waals surface area contributed by atoms with Crippen LogP contribution in [0.4, 0.5) is 14.5 Å². The first-order valence-electron chi connectivity index (χ1n) is 7.29. The van der Waals surface area contributed by atoms with Crippen molar-refractivity contribution in [3.63, 3.8) is 0 Å². The number of carboxylic acid groups (broad SMARTS) is 1. The Morgan fingerprint density at radius 1 is 1.19 bits per heavy atom. The maximum absolute atomic E-state index is 13.9. The van der Waals surface area contributed by atoms with E-state index in [0.29, 0.717) is 12.1 Å². The topological polar surface area (TPSA) is 52.6 Å². The summed E-state index contributed by atoms with van der Waals surface area (Å²) in [4.78, 5) is 13.3. The molecule has 2 N–H and O–H groups in total. The van der Waals surface area contributed by atoms with E-state index >= 15 is 0 Å². The number of hydrogen-bond donors (Lipinski definition) is 2. The van der Waals surface area contributed by atoms with Crippen LogP contribution in [0.3, 0.4) is 0 Å². The lowest BCUT2D eigenvalue weighted by molar-refractivity contribution is 0.0692. The minimum atomic E-state index is -1.39. The summed E-state index contributed by atoms with van der Waals surface area (Å²) < 4.78 is 27.3. The summed E-state index contributed by atoms with van der Waals surface area (Å²) in [6.45, 7) is 2.03. The molecule has 0 spiro atoms. The van der Waals surface area contributed by atoms with Gasteiger partial charge in [0.25, 0.3) is 0 Å². The van der Waals surface area contributed by atoms with Gasteiger partial charge in [-0.25, -0.2) is 13.6 Å². The lowest BCUT2D eigenvalue weighted by Gasteiger charge is -2.33. The maximum Gasteiger partial charge on any atom is 0.338 e. The average Bonchev–Trinajstić information content (AvgIpc) is 2.85. The molecule has 0 aromatic heterocycles. The highest BCUT2D eigenvalue weighted by Gasteiger charge is 2.35. The summed E-state index contributed by atoms with van der Waals surface area (Å²) >= 11 is 0. The van der Waals surface area contributed by atoms with Crippen LogP contribution in [0, 0.1) is 11.6 Å². The molecule has 2 saturated heterocycles. The van der Waals surface area contributed by atoms with E-state index in [2.05, 4.69) is 10.2 Å². The fourth-order valence-electron chi connectivity index (χ4n) is 3.44. The molecule has 21 heavy (non-hydrogen) atoms. The molecule has 4 nitrogen and oxygen atoms in total. The third kappa shape index (κ3) is 2.72. The number of anilines is 1. The maximum atomic E-state index is 13.9. The van der Waals surface area contributed by atoms with Crippen molar-refractivity contribution in [2.24, 2.45) is 0 Å². The molecule has 6 heteroatoms. The second kappa shape index (κ2) is 5.60. The van der Waals surface area contributed by atoms with Crippen molar-refractivity contribution in [2.75, 3.05) is 18.4 Å². The van der Waals surface area contributed by atoms with Crippen molar-refractivity contribution in [2.45, 2.75) is 37.8 Å². The Hall–Kier alpha value is -1.69. The summed E-state index contributed by atoms with van der Waals surface area (Å²) in [7, 11) is 0. The standard InChI is InChI=1S/C15H18F2N2O2/c16-10-8-11(17)13(7-9(10)15(20)21)18-12-4-6-19-5-2-1-3-14(12)19/h7-8,12,14,18H,1-6H2,(H,20,21). The van der Waals surface area contributed by atoms with Gasteiger partial charge in [0, 0.05) is 24.7 Å². The molecule has 0 saturated carbocycles. The van der Waals surface area contributed by atoms with E-state index in [1.165, 1.54) is 6.42 Å². The Morgan fingerprint density at radius 2 is 2.00 bits per heavy atom. The molecule has 0 radical (unpaired) electrons. The van der Waals surface area contributed by atoms with Gasteiger partial charge < -0.3 is 10.4 Å². The van der Waals surface area contributed by atoms with Crippen molar-refractivity contribution in [1.82, 2.24) is 4.90 Å². The summed E-state index contributed by atoms with van der Waals surface area (Å²) in [6, 6.07) is 2.14. The van der Waals surface area contributed by atoms with E-state index in [-0.39, 0.29) is 11.7 Å². The van der Waals surface area contributed by atoms with Crippen LogP contribution < -0.4 is 5.32 Å². The number of hydrogen-bond acceptors (Lipinski definition) is 3. The van der Waals surface area contributed by atoms with Gasteiger partial charge in [-0.15, -0.1) is 0 Å². The molecule has 2 atom stereocenters. The van der Waals surface area contributed by atoms with Crippen molar-refractivity contribution < 1.29 is 18.7 Å². The van der Waals surface area contributed by atoms with Crippen molar-refractivity contribution in [3.05, 3.63) is 29.3 Å². The number of piperidine rings is 1. The Morgan fingerprint density at radius 3 is 2.76 bits per heavy atom. The Labute approximate surface area is 121 Å². The molecular weight excluding hydrogens is 278 g/mol. The molecule has 3 rings (SSSR count). The van der Waals surface area contributed by atoms with E-state index in [1.807, 2.05) is 0 Å². The monoisotopic (exact) mass is 296 g/mol. The molecule has 2 aliphatic rings. The van der Waals surface area contributed by atoms with Gasteiger partial charge in [0.05, 0.1) is 11.3 Å². The molecule has 0 aliphatic carbocycles. The second-order valence-corrected chi connectivity index (χ2v) is 5.76. The molecule has 0 bridgehead atoms. The molecule has 2 unspecified atom stereocenters. The van der Waals surface area contributed by atoms with Gasteiger partial charge in [0.15, 0.2) is 0 Å². The smallest absolute Gasteiger partial charge is 0.338 e. The van der Waals surface area contributed by atoms with Gasteiger partial charge in [-0.2, -0.15) is 0 Å². The summed E-state index contributed by atoms with van der Waals surface area (Å²) in [6.07, 6.45) is 4.30. The fraction of sp³-hybridized carbons (Fsp3) is 0.533. The zero-order valence-corrected chi connectivity index (χ0v) is 11.6. The number of benzene rings is 1. The largest absolute Gasteiger partial charge is 0.478 e. The first kappa shape index (κ1) is 14.3. The number of aromatic carboxylic acids is 1. The molecule has 2 aliphatic heterocycles. The Balaban J connectivity index is 1.81. The number of nitrogens with zero attached hydrogens (tertiary/aromatic N) is 1. The van der Waals surface area contributed by atoms with Crippen molar-refractivity contribution in [3.8, 4) is 0 Å². The predicted octanol–water partition coefficient (Wildman–Crippen LogP) is 2.70. The summed E-state index contributed by atoms with van der Waals surface area (Å²) in [5.41, 5.74) is -0.427. The van der Waals surface area contributed by atoms with Crippen LogP contribution in [0.25, 0.3) is 0 Å². The second-order valence-electron chi connectivity index (χ2n) is 5.76. The van der Waals surface area contributed by atoms with Crippen LogP contribution in [-0.2, 0) is 0 Å². The van der Waals surface area contributed by atoms with E-state index in [0.717, 1.165) is 38.4 Å². The first-order valence-corrected chi connectivity index (χ1v) is 7.29. The molecule has 1 aromatic rings. The molecule has 114 valence electrons. The third-order valence-corrected chi connectivity index (χ3v) is 4.48. The fourth-order valence-corrected chi connectivity index (χ4v) is 3.44. The normalized spacial score (nSPS) is 25.6. The SMILES string of the molecule is O=C(O)c1cc(NC2CCN3CCCCC23)c(F)cc1F. The number of carbonyl (C=O) groups is 1. The number of halogens is 2. The van der Waals surface area contributed by atoms with Gasteiger partial charge in [0.2, 0.25) is 0 Å². The summed E-state index contributed by atoms with van der Waals surface area (Å²) in [5, 5.41) is 12.0. The lowest BCUT2D eigenvalue weighted by Crippen LogP contribution is -2.41. The van der Waals surface area contributed by atoms with Gasteiger partial charge >= 0.3 is 5.97 Å². The van der Waals surface area contributed by atoms with Crippen LogP contribution in [0.15, 0.2) is 12.1 Å². The Kier molecular flexibility index (Phi) is 3.80. The van der Waals surface area contributed by atoms with Gasteiger partial charge in [-0.05, 0) is 31.9 Å². The molecule has 1 aromatic carbocycles. The zero-order chi connectivity index (χ0) is 15.0. The van der Waals surface area contributed by atoms with Crippen LogP contribution >= 0.6 is 0 Å². The average molecular weight is 296 g/mol. The minimum absolute atomic E-state index is 0.0752. The minimum Gasteiger partial charge on any atom is -0.478 e. The molecule has 2 heterocycles. The zero-order valence-electron chi connectivity index (χ0n) is 11.6. The van der Waals surface area contributed by atoms with Crippen LogP contribution in [0.5, 0.6) is 0 Å². The highest BCUT2D eigenvalue weighted by Crippen LogP contribution is 2.30. The first-order chi connectivity index (χ1) is 10.1. The number of nitrogens with one attached hydrogen (secondary N) is 1. The number of fused-ring (bicyclic) bond motifs is 1. The van der Waals surface area contributed by atoms with Crippen LogP contribution in [-0.4, -0.2) is 41.1 Å². The third-order valence-electron chi connectivity index (χ3n) is 4.48. The number of carboxylic acids is 1. The van der Waals surface area contributed by atoms with Crippen LogP contribution in [0.2, 0.25) is 0 Å². The highest BCUT2D eigenvalue weighted by molar-refractivity contribution is 5.89. The quantitative estimate of drug-likeness (QED) is 0.900. The highest BCUT2D eigenvalue weighted by atomic mass is 19.1. The van der Waals surface area contributed by atoms with E-state index < -0.39 is 23.2 Å². The van der Waals surface area contributed by atoms with Gasteiger partial charge in [0.1, 0.15) is 11.6 Å².